The molecule has 1 amide bonds. The fraction of sp³-hybridized carbons (Fsp3) is 0.625. The van der Waals surface area contributed by atoms with Crippen molar-refractivity contribution in [1.82, 2.24) is 4.98 Å². The summed E-state index contributed by atoms with van der Waals surface area (Å²) in [4.78, 5) is 18.9. The van der Waals surface area contributed by atoms with E-state index in [1.165, 1.54) is 12.8 Å². The normalized spacial score (nSPS) is 20.9. The molecule has 2 aliphatic rings. The van der Waals surface area contributed by atoms with Gasteiger partial charge < -0.3 is 4.74 Å². The number of pyridine rings is 1. The van der Waals surface area contributed by atoms with Crippen LogP contribution in [-0.4, -0.2) is 23.0 Å². The van der Waals surface area contributed by atoms with Crippen molar-refractivity contribution in [3.8, 4) is 5.75 Å². The van der Waals surface area contributed by atoms with Crippen LogP contribution in [0.15, 0.2) is 12.3 Å². The SMILES string of the molecule is CC(C)c1cnc2c(c1)OC(C)(C)C(=O)N2CC1CC1. The van der Waals surface area contributed by atoms with E-state index in [1.54, 1.807) is 0 Å². The van der Waals surface area contributed by atoms with Gasteiger partial charge in [-0.05, 0) is 50.2 Å². The minimum absolute atomic E-state index is 0.0155. The van der Waals surface area contributed by atoms with Gasteiger partial charge in [-0.3, -0.25) is 9.69 Å². The number of hydrogen-bond acceptors (Lipinski definition) is 3. The molecule has 3 rings (SSSR count). The molecular formula is C16H22N2O2. The number of aromatic nitrogens is 1. The zero-order chi connectivity index (χ0) is 14.5. The monoisotopic (exact) mass is 274 g/mol. The highest BCUT2D eigenvalue weighted by molar-refractivity contribution is 6.01. The predicted molar refractivity (Wildman–Crippen MR) is 78.1 cm³/mol. The van der Waals surface area contributed by atoms with Crippen molar-refractivity contribution in [2.75, 3.05) is 11.4 Å². The number of anilines is 1. The Balaban J connectivity index is 2.01. The first-order valence-corrected chi connectivity index (χ1v) is 7.39. The topological polar surface area (TPSA) is 42.4 Å². The van der Waals surface area contributed by atoms with Crippen LogP contribution in [0.2, 0.25) is 0 Å². The Morgan fingerprint density at radius 2 is 2.15 bits per heavy atom. The number of amides is 1. The molecule has 1 saturated carbocycles. The minimum Gasteiger partial charge on any atom is -0.474 e. The van der Waals surface area contributed by atoms with Gasteiger partial charge in [0.2, 0.25) is 0 Å². The largest absolute Gasteiger partial charge is 0.474 e. The zero-order valence-corrected chi connectivity index (χ0v) is 12.6. The number of fused-ring (bicyclic) bond motifs is 1. The smallest absolute Gasteiger partial charge is 0.271 e. The molecule has 0 bridgehead atoms. The van der Waals surface area contributed by atoms with Gasteiger partial charge in [-0.2, -0.15) is 0 Å². The first-order valence-electron chi connectivity index (χ1n) is 7.39. The van der Waals surface area contributed by atoms with Gasteiger partial charge in [0.05, 0.1) is 0 Å². The highest BCUT2D eigenvalue weighted by Crippen LogP contribution is 2.40. The summed E-state index contributed by atoms with van der Waals surface area (Å²) < 4.78 is 5.90. The third-order valence-corrected chi connectivity index (χ3v) is 4.04. The van der Waals surface area contributed by atoms with Gasteiger partial charge in [0.1, 0.15) is 0 Å². The Morgan fingerprint density at radius 3 is 2.75 bits per heavy atom. The summed E-state index contributed by atoms with van der Waals surface area (Å²) in [6.07, 6.45) is 4.29. The van der Waals surface area contributed by atoms with Crippen LogP contribution in [0.1, 0.15) is 52.0 Å². The second-order valence-corrected chi connectivity index (χ2v) is 6.72. The Morgan fingerprint density at radius 1 is 1.45 bits per heavy atom. The Bertz CT molecular complexity index is 547. The average molecular weight is 274 g/mol. The predicted octanol–water partition coefficient (Wildman–Crippen LogP) is 3.12. The maximum absolute atomic E-state index is 12.6. The molecule has 4 heteroatoms. The van der Waals surface area contributed by atoms with E-state index in [9.17, 15) is 4.79 Å². The highest BCUT2D eigenvalue weighted by Gasteiger charge is 2.43. The van der Waals surface area contributed by atoms with E-state index in [0.717, 1.165) is 17.9 Å². The molecule has 0 N–H and O–H groups in total. The number of carbonyl (C=O) groups excluding carboxylic acids is 1. The van der Waals surface area contributed by atoms with Crippen molar-refractivity contribution in [3.05, 3.63) is 17.8 Å². The lowest BCUT2D eigenvalue weighted by Gasteiger charge is -2.38. The average Bonchev–Trinajstić information content (AvgIpc) is 3.17. The zero-order valence-electron chi connectivity index (χ0n) is 12.6. The highest BCUT2D eigenvalue weighted by atomic mass is 16.5. The van der Waals surface area contributed by atoms with E-state index in [-0.39, 0.29) is 5.91 Å². The number of carbonyl (C=O) groups is 1. The van der Waals surface area contributed by atoms with Crippen LogP contribution < -0.4 is 9.64 Å². The van der Waals surface area contributed by atoms with Gasteiger partial charge in [0.25, 0.3) is 5.91 Å². The molecule has 4 nitrogen and oxygen atoms in total. The van der Waals surface area contributed by atoms with Crippen LogP contribution in [0.3, 0.4) is 0 Å². The van der Waals surface area contributed by atoms with Gasteiger partial charge in [-0.1, -0.05) is 13.8 Å². The summed E-state index contributed by atoms with van der Waals surface area (Å²) in [5.74, 6) is 2.47. The van der Waals surface area contributed by atoms with E-state index in [4.69, 9.17) is 4.74 Å². The van der Waals surface area contributed by atoms with Gasteiger partial charge >= 0.3 is 0 Å². The van der Waals surface area contributed by atoms with Crippen LogP contribution in [0, 0.1) is 5.92 Å². The van der Waals surface area contributed by atoms with E-state index in [1.807, 2.05) is 31.0 Å². The Kier molecular flexibility index (Phi) is 3.00. The van der Waals surface area contributed by atoms with E-state index >= 15 is 0 Å². The first kappa shape index (κ1) is 13.4. The Labute approximate surface area is 120 Å². The quantitative estimate of drug-likeness (QED) is 0.850. The molecule has 1 fully saturated rings. The number of ether oxygens (including phenoxy) is 1. The second-order valence-electron chi connectivity index (χ2n) is 6.72. The lowest BCUT2D eigenvalue weighted by atomic mass is 10.0. The molecule has 0 spiro atoms. The van der Waals surface area contributed by atoms with E-state index in [2.05, 4.69) is 18.8 Å². The van der Waals surface area contributed by atoms with Gasteiger partial charge in [0.15, 0.2) is 17.2 Å². The third-order valence-electron chi connectivity index (χ3n) is 4.04. The number of rotatable bonds is 3. The van der Waals surface area contributed by atoms with Crippen LogP contribution in [0.5, 0.6) is 5.75 Å². The van der Waals surface area contributed by atoms with E-state index < -0.39 is 5.60 Å². The molecule has 0 unspecified atom stereocenters. The second kappa shape index (κ2) is 4.47. The molecule has 0 atom stereocenters. The van der Waals surface area contributed by atoms with Crippen molar-refractivity contribution < 1.29 is 9.53 Å². The molecular weight excluding hydrogens is 252 g/mol. The van der Waals surface area contributed by atoms with Gasteiger partial charge in [-0.25, -0.2) is 4.98 Å². The summed E-state index contributed by atoms with van der Waals surface area (Å²) in [6.45, 7) is 8.70. The molecule has 1 aromatic rings. The van der Waals surface area contributed by atoms with Gasteiger partial charge in [-0.15, -0.1) is 0 Å². The first-order chi connectivity index (χ1) is 9.38. The van der Waals surface area contributed by atoms with Crippen LogP contribution in [0.25, 0.3) is 0 Å². The molecule has 1 aromatic heterocycles. The molecule has 1 aliphatic carbocycles. The summed E-state index contributed by atoms with van der Waals surface area (Å²) in [5, 5.41) is 0. The fourth-order valence-electron chi connectivity index (χ4n) is 2.51. The summed E-state index contributed by atoms with van der Waals surface area (Å²) in [6, 6.07) is 2.03. The fourth-order valence-corrected chi connectivity index (χ4v) is 2.51. The maximum Gasteiger partial charge on any atom is 0.271 e. The third kappa shape index (κ3) is 2.28. The van der Waals surface area contributed by atoms with Crippen molar-refractivity contribution >= 4 is 11.7 Å². The Hall–Kier alpha value is -1.58. The summed E-state index contributed by atoms with van der Waals surface area (Å²) in [5.41, 5.74) is 0.333. The van der Waals surface area contributed by atoms with E-state index in [0.29, 0.717) is 17.7 Å². The van der Waals surface area contributed by atoms with Crippen LogP contribution in [0.4, 0.5) is 5.82 Å². The number of hydrogen-bond donors (Lipinski definition) is 0. The molecule has 20 heavy (non-hydrogen) atoms. The maximum atomic E-state index is 12.6. The standard InChI is InChI=1S/C16H22N2O2/c1-10(2)12-7-13-14(17-8-12)18(9-11-5-6-11)15(19)16(3,4)20-13/h7-8,10-11H,5-6,9H2,1-4H3. The lowest BCUT2D eigenvalue weighted by molar-refractivity contribution is -0.132. The van der Waals surface area contributed by atoms with Crippen molar-refractivity contribution in [2.45, 2.75) is 52.1 Å². The summed E-state index contributed by atoms with van der Waals surface area (Å²) >= 11 is 0. The van der Waals surface area contributed by atoms with Crippen LogP contribution >= 0.6 is 0 Å². The summed E-state index contributed by atoms with van der Waals surface area (Å²) in [7, 11) is 0. The lowest BCUT2D eigenvalue weighted by Crippen LogP contribution is -2.53. The van der Waals surface area contributed by atoms with Gasteiger partial charge in [0, 0.05) is 12.7 Å². The van der Waals surface area contributed by atoms with Crippen LogP contribution in [-0.2, 0) is 4.79 Å². The van der Waals surface area contributed by atoms with Crippen molar-refractivity contribution in [3.63, 3.8) is 0 Å². The molecule has 0 radical (unpaired) electrons. The minimum atomic E-state index is -0.806. The van der Waals surface area contributed by atoms with Crippen molar-refractivity contribution in [2.24, 2.45) is 5.92 Å². The molecule has 0 aromatic carbocycles. The molecule has 0 saturated heterocycles. The molecule has 2 heterocycles. The number of nitrogens with zero attached hydrogens (tertiary/aromatic N) is 2. The molecule has 108 valence electrons. The van der Waals surface area contributed by atoms with Crippen molar-refractivity contribution in [1.29, 1.82) is 0 Å². The molecule has 1 aliphatic heterocycles.